The Bertz CT molecular complexity index is 339. The topological polar surface area (TPSA) is 60.8 Å². The van der Waals surface area contributed by atoms with Crippen molar-refractivity contribution in [3.8, 4) is 0 Å². The molecule has 1 aromatic rings. The van der Waals surface area contributed by atoms with E-state index >= 15 is 0 Å². The van der Waals surface area contributed by atoms with Gasteiger partial charge in [0.1, 0.15) is 0 Å². The van der Waals surface area contributed by atoms with Crippen LogP contribution in [-0.4, -0.2) is 12.1 Å². The summed E-state index contributed by atoms with van der Waals surface area (Å²) in [6.45, 7) is 5.28. The SMILES string of the molecule is CC(C)(CN=[N+]=[N-])NCc1ccccc1. The van der Waals surface area contributed by atoms with Crippen LogP contribution in [0.1, 0.15) is 19.4 Å². The van der Waals surface area contributed by atoms with Crippen LogP contribution < -0.4 is 5.32 Å². The number of rotatable bonds is 5. The molecule has 0 saturated carbocycles. The van der Waals surface area contributed by atoms with E-state index in [0.717, 1.165) is 6.54 Å². The summed E-state index contributed by atoms with van der Waals surface area (Å²) in [5.74, 6) is 0. The van der Waals surface area contributed by atoms with Crippen molar-refractivity contribution in [1.29, 1.82) is 0 Å². The van der Waals surface area contributed by atoms with Crippen molar-refractivity contribution in [3.05, 3.63) is 46.3 Å². The highest BCUT2D eigenvalue weighted by Crippen LogP contribution is 2.06. The van der Waals surface area contributed by atoms with Crippen LogP contribution in [0, 0.1) is 0 Å². The molecule has 0 heterocycles. The van der Waals surface area contributed by atoms with Crippen LogP contribution in [0.3, 0.4) is 0 Å². The van der Waals surface area contributed by atoms with Gasteiger partial charge in [-0.25, -0.2) is 0 Å². The zero-order chi connectivity index (χ0) is 11.1. The minimum absolute atomic E-state index is 0.165. The van der Waals surface area contributed by atoms with Gasteiger partial charge in [-0.15, -0.1) is 0 Å². The summed E-state index contributed by atoms with van der Waals surface area (Å²) in [4.78, 5) is 2.76. The van der Waals surface area contributed by atoms with Crippen molar-refractivity contribution in [2.24, 2.45) is 5.11 Å². The Kier molecular flexibility index (Phi) is 4.16. The molecule has 15 heavy (non-hydrogen) atoms. The number of benzene rings is 1. The molecule has 0 bridgehead atoms. The standard InChI is InChI=1S/C11H16N4/c1-11(2,9-14-15-12)13-8-10-6-4-3-5-7-10/h3-7,13H,8-9H2,1-2H3. The van der Waals surface area contributed by atoms with Gasteiger partial charge < -0.3 is 5.32 Å². The number of hydrogen-bond acceptors (Lipinski definition) is 2. The average molecular weight is 204 g/mol. The molecule has 0 fully saturated rings. The largest absolute Gasteiger partial charge is 0.308 e. The smallest absolute Gasteiger partial charge is 0.0435 e. The summed E-state index contributed by atoms with van der Waals surface area (Å²) >= 11 is 0. The molecule has 4 heteroatoms. The quantitative estimate of drug-likeness (QED) is 0.447. The normalized spacial score (nSPS) is 10.8. The van der Waals surface area contributed by atoms with Gasteiger partial charge in [0.25, 0.3) is 0 Å². The second-order valence-corrected chi connectivity index (χ2v) is 4.11. The minimum atomic E-state index is -0.165. The molecule has 0 spiro atoms. The van der Waals surface area contributed by atoms with Crippen LogP contribution >= 0.6 is 0 Å². The molecule has 0 unspecified atom stereocenters. The fourth-order valence-electron chi connectivity index (χ4n) is 1.20. The molecule has 0 saturated heterocycles. The van der Waals surface area contributed by atoms with Gasteiger partial charge in [-0.2, -0.15) is 0 Å². The van der Waals surface area contributed by atoms with E-state index in [1.54, 1.807) is 0 Å². The van der Waals surface area contributed by atoms with Crippen molar-refractivity contribution in [3.63, 3.8) is 0 Å². The van der Waals surface area contributed by atoms with E-state index in [9.17, 15) is 0 Å². The van der Waals surface area contributed by atoms with E-state index in [4.69, 9.17) is 5.53 Å². The van der Waals surface area contributed by atoms with Crippen molar-refractivity contribution in [2.75, 3.05) is 6.54 Å². The third-order valence-corrected chi connectivity index (χ3v) is 2.14. The first-order valence-corrected chi connectivity index (χ1v) is 4.94. The van der Waals surface area contributed by atoms with Gasteiger partial charge in [0.05, 0.1) is 0 Å². The van der Waals surface area contributed by atoms with E-state index in [0.29, 0.717) is 6.54 Å². The maximum Gasteiger partial charge on any atom is 0.0435 e. The molecule has 1 aromatic carbocycles. The maximum absolute atomic E-state index is 8.25. The molecule has 4 nitrogen and oxygen atoms in total. The summed E-state index contributed by atoms with van der Waals surface area (Å²) in [6.07, 6.45) is 0. The van der Waals surface area contributed by atoms with Crippen molar-refractivity contribution >= 4 is 0 Å². The van der Waals surface area contributed by atoms with Crippen LogP contribution in [-0.2, 0) is 6.54 Å². The number of hydrogen-bond donors (Lipinski definition) is 1. The molecule has 1 N–H and O–H groups in total. The summed E-state index contributed by atoms with van der Waals surface area (Å²) < 4.78 is 0. The van der Waals surface area contributed by atoms with Gasteiger partial charge in [-0.05, 0) is 24.9 Å². The Morgan fingerprint density at radius 1 is 1.33 bits per heavy atom. The van der Waals surface area contributed by atoms with Crippen LogP contribution in [0.5, 0.6) is 0 Å². The van der Waals surface area contributed by atoms with E-state index in [1.165, 1.54) is 5.56 Å². The zero-order valence-electron chi connectivity index (χ0n) is 9.14. The van der Waals surface area contributed by atoms with Gasteiger partial charge >= 0.3 is 0 Å². The molecule has 0 radical (unpaired) electrons. The average Bonchev–Trinajstić information content (AvgIpc) is 2.25. The zero-order valence-corrected chi connectivity index (χ0v) is 9.14. The summed E-state index contributed by atoms with van der Waals surface area (Å²) in [5.41, 5.74) is 9.31. The Morgan fingerprint density at radius 2 is 2.00 bits per heavy atom. The molecular formula is C11H16N4. The van der Waals surface area contributed by atoms with Gasteiger partial charge in [-0.1, -0.05) is 35.4 Å². The second kappa shape index (κ2) is 5.39. The molecular weight excluding hydrogens is 188 g/mol. The van der Waals surface area contributed by atoms with E-state index in [1.807, 2.05) is 32.0 Å². The lowest BCUT2D eigenvalue weighted by Crippen LogP contribution is -2.41. The first-order valence-electron chi connectivity index (χ1n) is 4.94. The highest BCUT2D eigenvalue weighted by Gasteiger charge is 2.14. The van der Waals surface area contributed by atoms with Crippen LogP contribution in [0.2, 0.25) is 0 Å². The molecule has 1 rings (SSSR count). The lowest BCUT2D eigenvalue weighted by atomic mass is 10.1. The third-order valence-electron chi connectivity index (χ3n) is 2.14. The molecule has 0 aliphatic rings. The van der Waals surface area contributed by atoms with E-state index < -0.39 is 0 Å². The maximum atomic E-state index is 8.25. The Labute approximate surface area is 89.9 Å². The molecule has 80 valence electrons. The summed E-state index contributed by atoms with van der Waals surface area (Å²) in [6, 6.07) is 10.1. The molecule has 0 aliphatic heterocycles. The van der Waals surface area contributed by atoms with Gasteiger partial charge in [0, 0.05) is 23.5 Å². The lowest BCUT2D eigenvalue weighted by Gasteiger charge is -2.24. The van der Waals surface area contributed by atoms with Crippen LogP contribution in [0.25, 0.3) is 10.4 Å². The lowest BCUT2D eigenvalue weighted by molar-refractivity contribution is 0.396. The monoisotopic (exact) mass is 204 g/mol. The number of nitrogens with zero attached hydrogens (tertiary/aromatic N) is 3. The highest BCUT2D eigenvalue weighted by atomic mass is 15.2. The first-order chi connectivity index (χ1) is 7.14. The van der Waals surface area contributed by atoms with Crippen molar-refractivity contribution in [1.82, 2.24) is 5.32 Å². The fraction of sp³-hybridized carbons (Fsp3) is 0.455. The number of nitrogens with one attached hydrogen (secondary N) is 1. The van der Waals surface area contributed by atoms with Gasteiger partial charge in [0.2, 0.25) is 0 Å². The molecule has 0 aromatic heterocycles. The van der Waals surface area contributed by atoms with Gasteiger partial charge in [-0.3, -0.25) is 0 Å². The van der Waals surface area contributed by atoms with Crippen molar-refractivity contribution in [2.45, 2.75) is 25.9 Å². The number of azide groups is 1. The summed E-state index contributed by atoms with van der Waals surface area (Å²) in [7, 11) is 0. The predicted octanol–water partition coefficient (Wildman–Crippen LogP) is 2.87. The minimum Gasteiger partial charge on any atom is -0.308 e. The summed E-state index contributed by atoms with van der Waals surface area (Å²) in [5, 5.41) is 6.92. The molecule has 0 atom stereocenters. The molecule has 0 amide bonds. The molecule has 0 aliphatic carbocycles. The van der Waals surface area contributed by atoms with Crippen LogP contribution in [0.4, 0.5) is 0 Å². The van der Waals surface area contributed by atoms with Gasteiger partial charge in [0.15, 0.2) is 0 Å². The first kappa shape index (κ1) is 11.6. The highest BCUT2D eigenvalue weighted by molar-refractivity contribution is 5.14. The fourth-order valence-corrected chi connectivity index (χ4v) is 1.20. The van der Waals surface area contributed by atoms with Crippen LogP contribution in [0.15, 0.2) is 35.4 Å². The Hall–Kier alpha value is -1.51. The predicted molar refractivity (Wildman–Crippen MR) is 61.4 cm³/mol. The van der Waals surface area contributed by atoms with E-state index in [2.05, 4.69) is 27.5 Å². The Balaban J connectivity index is 2.45. The Morgan fingerprint density at radius 3 is 2.60 bits per heavy atom. The van der Waals surface area contributed by atoms with E-state index in [-0.39, 0.29) is 5.54 Å². The third kappa shape index (κ3) is 4.49. The van der Waals surface area contributed by atoms with Crippen molar-refractivity contribution < 1.29 is 0 Å². The second-order valence-electron chi connectivity index (χ2n) is 4.11.